The lowest BCUT2D eigenvalue weighted by atomic mass is 10.1. The number of amides is 1. The average Bonchev–Trinajstić information content (AvgIpc) is 2.98. The van der Waals surface area contributed by atoms with Crippen LogP contribution in [0, 0.1) is 0 Å². The molecule has 8 heteroatoms. The lowest BCUT2D eigenvalue weighted by Gasteiger charge is -2.28. The number of rotatable bonds is 6. The minimum absolute atomic E-state index is 0.0363. The van der Waals surface area contributed by atoms with Gasteiger partial charge in [-0.3, -0.25) is 4.79 Å². The molecule has 1 saturated heterocycles. The fourth-order valence-corrected chi connectivity index (χ4v) is 5.19. The van der Waals surface area contributed by atoms with Gasteiger partial charge in [0.05, 0.1) is 16.5 Å². The first-order valence-corrected chi connectivity index (χ1v) is 11.0. The molecule has 0 N–H and O–H groups in total. The van der Waals surface area contributed by atoms with E-state index in [4.69, 9.17) is 27.9 Å². The van der Waals surface area contributed by atoms with Gasteiger partial charge >= 0.3 is 0 Å². The molecule has 0 aromatic heterocycles. The molecule has 1 atom stereocenters. The van der Waals surface area contributed by atoms with Gasteiger partial charge < -0.3 is 9.64 Å². The molecule has 0 saturated carbocycles. The topological polar surface area (TPSA) is 63.7 Å². The number of benzene rings is 2. The molecule has 0 spiro atoms. The zero-order chi connectivity index (χ0) is 19.4. The van der Waals surface area contributed by atoms with E-state index < -0.39 is 9.84 Å². The van der Waals surface area contributed by atoms with Gasteiger partial charge in [0.2, 0.25) is 0 Å². The van der Waals surface area contributed by atoms with Crippen LogP contribution in [0.3, 0.4) is 0 Å². The zero-order valence-corrected chi connectivity index (χ0v) is 16.8. The molecule has 144 valence electrons. The molecular formula is C19H19Cl2NO4S. The van der Waals surface area contributed by atoms with Gasteiger partial charge in [-0.25, -0.2) is 8.42 Å². The van der Waals surface area contributed by atoms with E-state index in [1.54, 1.807) is 47.4 Å². The van der Waals surface area contributed by atoms with Crippen molar-refractivity contribution in [1.82, 2.24) is 4.90 Å². The second kappa shape index (κ2) is 8.50. The highest BCUT2D eigenvalue weighted by Gasteiger charge is 2.34. The van der Waals surface area contributed by atoms with Crippen LogP contribution in [0.1, 0.15) is 12.0 Å². The molecule has 1 aliphatic heterocycles. The fraction of sp³-hybridized carbons (Fsp3) is 0.316. The van der Waals surface area contributed by atoms with Crippen LogP contribution in [0.4, 0.5) is 0 Å². The smallest absolute Gasteiger partial charge is 0.261 e. The molecule has 1 heterocycles. The van der Waals surface area contributed by atoms with E-state index in [1.807, 2.05) is 6.07 Å². The normalized spacial score (nSPS) is 18.2. The van der Waals surface area contributed by atoms with Crippen molar-refractivity contribution in [2.75, 3.05) is 18.1 Å². The minimum atomic E-state index is -3.13. The van der Waals surface area contributed by atoms with Crippen LogP contribution < -0.4 is 4.74 Å². The monoisotopic (exact) mass is 427 g/mol. The Balaban J connectivity index is 1.76. The number of halogens is 2. The van der Waals surface area contributed by atoms with Crippen molar-refractivity contribution in [2.45, 2.75) is 19.0 Å². The van der Waals surface area contributed by atoms with Gasteiger partial charge in [0.15, 0.2) is 16.4 Å². The van der Waals surface area contributed by atoms with Gasteiger partial charge in [-0.2, -0.15) is 0 Å². The van der Waals surface area contributed by atoms with Crippen molar-refractivity contribution < 1.29 is 17.9 Å². The molecule has 0 aliphatic carbocycles. The van der Waals surface area contributed by atoms with Crippen LogP contribution in [0.5, 0.6) is 5.75 Å². The number of sulfone groups is 1. The second-order valence-corrected chi connectivity index (χ2v) is 9.50. The highest BCUT2D eigenvalue weighted by Crippen LogP contribution is 2.25. The summed E-state index contributed by atoms with van der Waals surface area (Å²) in [7, 11) is -3.13. The quantitative estimate of drug-likeness (QED) is 0.706. The van der Waals surface area contributed by atoms with Gasteiger partial charge in [-0.05, 0) is 36.2 Å². The summed E-state index contributed by atoms with van der Waals surface area (Å²) in [6, 6.07) is 13.7. The Kier molecular flexibility index (Phi) is 6.29. The number of para-hydroxylation sites is 1. The van der Waals surface area contributed by atoms with Crippen molar-refractivity contribution in [3.05, 3.63) is 64.1 Å². The van der Waals surface area contributed by atoms with E-state index >= 15 is 0 Å². The number of nitrogens with zero attached hydrogens (tertiary/aromatic N) is 1. The number of hydrogen-bond donors (Lipinski definition) is 0. The van der Waals surface area contributed by atoms with Gasteiger partial charge in [-0.1, -0.05) is 47.5 Å². The highest BCUT2D eigenvalue weighted by molar-refractivity contribution is 7.91. The Bertz CT molecular complexity index is 933. The van der Waals surface area contributed by atoms with E-state index in [0.29, 0.717) is 22.2 Å². The Morgan fingerprint density at radius 3 is 2.59 bits per heavy atom. The first-order valence-electron chi connectivity index (χ1n) is 8.46. The number of hydrogen-bond acceptors (Lipinski definition) is 4. The van der Waals surface area contributed by atoms with E-state index in [0.717, 1.165) is 5.56 Å². The third kappa shape index (κ3) is 5.37. The lowest BCUT2D eigenvalue weighted by molar-refractivity contribution is -0.136. The van der Waals surface area contributed by atoms with Crippen molar-refractivity contribution in [2.24, 2.45) is 0 Å². The third-order valence-electron chi connectivity index (χ3n) is 4.40. The van der Waals surface area contributed by atoms with Crippen LogP contribution >= 0.6 is 23.2 Å². The predicted octanol–water partition coefficient (Wildman–Crippen LogP) is 3.59. The van der Waals surface area contributed by atoms with Crippen LogP contribution in [0.15, 0.2) is 48.5 Å². The molecule has 27 heavy (non-hydrogen) atoms. The Morgan fingerprint density at radius 2 is 1.93 bits per heavy atom. The maximum absolute atomic E-state index is 12.8. The summed E-state index contributed by atoms with van der Waals surface area (Å²) in [5, 5.41) is 0.974. The molecule has 0 unspecified atom stereocenters. The van der Waals surface area contributed by atoms with Crippen LogP contribution in [0.2, 0.25) is 10.0 Å². The number of carbonyl (C=O) groups excluding carboxylic acids is 1. The summed E-state index contributed by atoms with van der Waals surface area (Å²) in [6.07, 6.45) is 0.417. The molecule has 2 aromatic rings. The van der Waals surface area contributed by atoms with Gasteiger partial charge in [-0.15, -0.1) is 0 Å². The summed E-state index contributed by atoms with van der Waals surface area (Å²) < 4.78 is 29.3. The van der Waals surface area contributed by atoms with E-state index in [1.165, 1.54) is 0 Å². The summed E-state index contributed by atoms with van der Waals surface area (Å²) in [4.78, 5) is 14.4. The van der Waals surface area contributed by atoms with Crippen molar-refractivity contribution in [3.8, 4) is 5.75 Å². The van der Waals surface area contributed by atoms with E-state index in [9.17, 15) is 13.2 Å². The summed E-state index contributed by atoms with van der Waals surface area (Å²) in [5.41, 5.74) is 0.831. The predicted molar refractivity (Wildman–Crippen MR) is 106 cm³/mol. The summed E-state index contributed by atoms with van der Waals surface area (Å²) >= 11 is 12.1. The number of carbonyl (C=O) groups is 1. The van der Waals surface area contributed by atoms with E-state index in [2.05, 4.69) is 0 Å². The highest BCUT2D eigenvalue weighted by atomic mass is 35.5. The Morgan fingerprint density at radius 1 is 1.15 bits per heavy atom. The first kappa shape index (κ1) is 20.0. The minimum Gasteiger partial charge on any atom is -0.482 e. The molecular weight excluding hydrogens is 409 g/mol. The molecule has 0 bridgehead atoms. The second-order valence-electron chi connectivity index (χ2n) is 6.43. The van der Waals surface area contributed by atoms with E-state index in [-0.39, 0.29) is 36.6 Å². The number of ether oxygens (including phenoxy) is 1. The SMILES string of the molecule is O=C(COc1ccccc1Cl)N(Cc1cccc(Cl)c1)[C@@H]1CCS(=O)(=O)C1. The summed E-state index contributed by atoms with van der Waals surface area (Å²) in [5.74, 6) is 0.166. The molecule has 3 rings (SSSR count). The largest absolute Gasteiger partial charge is 0.482 e. The molecule has 5 nitrogen and oxygen atoms in total. The van der Waals surface area contributed by atoms with Gasteiger partial charge in [0.25, 0.3) is 5.91 Å². The molecule has 1 aliphatic rings. The van der Waals surface area contributed by atoms with Crippen molar-refractivity contribution in [3.63, 3.8) is 0 Å². The third-order valence-corrected chi connectivity index (χ3v) is 6.70. The Hall–Kier alpha value is -1.76. The Labute approximate surface area is 168 Å². The van der Waals surface area contributed by atoms with Crippen LogP contribution in [0.25, 0.3) is 0 Å². The van der Waals surface area contributed by atoms with Gasteiger partial charge in [0.1, 0.15) is 5.75 Å². The zero-order valence-electron chi connectivity index (χ0n) is 14.5. The molecule has 1 fully saturated rings. The van der Waals surface area contributed by atoms with Crippen LogP contribution in [-0.4, -0.2) is 43.4 Å². The maximum atomic E-state index is 12.8. The molecule has 1 amide bonds. The molecule has 2 aromatic carbocycles. The first-order chi connectivity index (χ1) is 12.8. The maximum Gasteiger partial charge on any atom is 0.261 e. The fourth-order valence-electron chi connectivity index (χ4n) is 3.06. The lowest BCUT2D eigenvalue weighted by Crippen LogP contribution is -2.43. The van der Waals surface area contributed by atoms with Crippen LogP contribution in [-0.2, 0) is 21.2 Å². The van der Waals surface area contributed by atoms with Gasteiger partial charge in [0, 0.05) is 17.6 Å². The van der Waals surface area contributed by atoms with Crippen molar-refractivity contribution >= 4 is 38.9 Å². The average molecular weight is 428 g/mol. The summed E-state index contributed by atoms with van der Waals surface area (Å²) in [6.45, 7) is 0.0479. The standard InChI is InChI=1S/C19H19Cl2NO4S/c20-15-5-3-4-14(10-15)11-22(16-8-9-27(24,25)13-16)19(23)12-26-18-7-2-1-6-17(18)21/h1-7,10,16H,8-9,11-13H2/t16-/m1/s1. The molecule has 0 radical (unpaired) electrons. The van der Waals surface area contributed by atoms with Crippen molar-refractivity contribution in [1.29, 1.82) is 0 Å².